The van der Waals surface area contributed by atoms with Crippen LogP contribution in [0.3, 0.4) is 0 Å². The van der Waals surface area contributed by atoms with Gasteiger partial charge in [0.15, 0.2) is 0 Å². The van der Waals surface area contributed by atoms with Gasteiger partial charge in [-0.15, -0.1) is 34.8 Å². The summed E-state index contributed by atoms with van der Waals surface area (Å²) in [5.74, 6) is -11.8. The van der Waals surface area contributed by atoms with Gasteiger partial charge in [0.2, 0.25) is 0 Å². The lowest BCUT2D eigenvalue weighted by molar-refractivity contribution is 0.0583. The fourth-order valence-electron chi connectivity index (χ4n) is 0.443. The number of rotatable bonds is 9. The van der Waals surface area contributed by atoms with Crippen LogP contribution in [0, 0.1) is 0 Å². The molecule has 0 aliphatic rings. The molecule has 0 saturated carbocycles. The van der Waals surface area contributed by atoms with E-state index in [0.717, 1.165) is 0 Å². The van der Waals surface area contributed by atoms with Crippen LogP contribution >= 0.6 is 42.6 Å². The smallest absolute Gasteiger partial charge is 0.283 e. The van der Waals surface area contributed by atoms with E-state index >= 15 is 0 Å². The highest BCUT2D eigenvalue weighted by Crippen LogP contribution is 2.52. The molecule has 0 spiro atoms. The van der Waals surface area contributed by atoms with Crippen LogP contribution in [-0.2, 0) is 18.1 Å². The van der Waals surface area contributed by atoms with Crippen molar-refractivity contribution in [1.82, 2.24) is 0 Å². The minimum atomic E-state index is -6.78. The number of hydrogen-bond acceptors (Lipinski definition) is 4. The first-order valence-corrected chi connectivity index (χ1v) is 6.00. The summed E-state index contributed by atoms with van der Waals surface area (Å²) in [7, 11) is -6.78. The van der Waals surface area contributed by atoms with E-state index in [4.69, 9.17) is 59.5 Å². The molecule has 0 fully saturated rings. The maximum atomic E-state index is 13.5. The number of alkyl halides is 3. The van der Waals surface area contributed by atoms with Crippen LogP contribution in [0.2, 0.25) is 0 Å². The van der Waals surface area contributed by atoms with Crippen molar-refractivity contribution in [3.63, 3.8) is 0 Å². The molecule has 8 heteroatoms. The first kappa shape index (κ1) is 4.24. The molecule has 4 nitrogen and oxygen atoms in total. The summed E-state index contributed by atoms with van der Waals surface area (Å²) in [6.07, 6.45) is -13.0. The van der Waals surface area contributed by atoms with E-state index in [1.165, 1.54) is 0 Å². The highest BCUT2D eigenvalue weighted by molar-refractivity contribution is 7.48. The number of hydrogen-bond donors (Lipinski definition) is 0. The Labute approximate surface area is 143 Å². The maximum Gasteiger partial charge on any atom is 0.475 e. The second-order valence-corrected chi connectivity index (χ2v) is 4.00. The standard InChI is InChI=1S/C9H18Cl3O4P/c1-7(4-10)14-17(13,15-8(2)5-11)16-9(3)6-12/h7-9H,4-6H2,1-3H3/i1D3,2D3,3D3,4D2,5D2,6D2,7D,8D,9D. The first-order chi connectivity index (χ1) is 14.6. The van der Waals surface area contributed by atoms with Gasteiger partial charge in [0.25, 0.3) is 0 Å². The molecule has 0 aromatic rings. The SMILES string of the molecule is [2H]C([2H])([2H])C([2H])(OP(=O)(OC([2H])(C([2H])([2H])[2H])C([2H])([2H])Cl)OC([2H])(C([2H])([2H])[2H])C([2H])([2H])Cl)C([2H])([2H])Cl. The highest BCUT2D eigenvalue weighted by atomic mass is 35.5. The topological polar surface area (TPSA) is 44.8 Å². The summed E-state index contributed by atoms with van der Waals surface area (Å²) in [5, 5.41) is 0. The Hall–Kier alpha value is 0.980. The molecule has 0 rings (SSSR count). The van der Waals surface area contributed by atoms with Gasteiger partial charge < -0.3 is 0 Å². The molecule has 0 bridgehead atoms. The quantitative estimate of drug-likeness (QED) is 0.467. The van der Waals surface area contributed by atoms with Gasteiger partial charge in [0.05, 0.1) is 22.4 Å². The third kappa shape index (κ3) is 7.89. The molecule has 0 radical (unpaired) electrons. The van der Waals surface area contributed by atoms with Gasteiger partial charge in [-0.3, -0.25) is 13.6 Å². The molecule has 17 heavy (non-hydrogen) atoms. The summed E-state index contributed by atoms with van der Waals surface area (Å²) >= 11 is 15.7. The van der Waals surface area contributed by atoms with E-state index in [1.54, 1.807) is 0 Å². The Morgan fingerprint density at radius 2 is 1.35 bits per heavy atom. The Morgan fingerprint density at radius 3 is 1.53 bits per heavy atom. The summed E-state index contributed by atoms with van der Waals surface area (Å²) in [6, 6.07) is 0. The zero-order valence-corrected chi connectivity index (χ0v) is 10.9. The molecule has 0 amide bonds. The lowest BCUT2D eigenvalue weighted by Crippen LogP contribution is -2.19. The van der Waals surface area contributed by atoms with Gasteiger partial charge in [-0.25, -0.2) is 4.57 Å². The van der Waals surface area contributed by atoms with Crippen LogP contribution < -0.4 is 0 Å². The molecule has 0 N–H and O–H groups in total. The van der Waals surface area contributed by atoms with Crippen molar-refractivity contribution in [2.75, 3.05) is 17.5 Å². The molecule has 3 atom stereocenters. The second kappa shape index (κ2) is 8.98. The van der Waals surface area contributed by atoms with Gasteiger partial charge in [0, 0.05) is 38.1 Å². The van der Waals surface area contributed by atoms with Crippen molar-refractivity contribution in [3.05, 3.63) is 0 Å². The summed E-state index contributed by atoms with van der Waals surface area (Å²) in [6.45, 7) is -12.3. The van der Waals surface area contributed by atoms with Crippen LogP contribution in [0.1, 0.15) is 45.2 Å². The molecule has 0 saturated heterocycles. The van der Waals surface area contributed by atoms with E-state index in [9.17, 15) is 4.57 Å². The molecule has 0 heterocycles. The van der Waals surface area contributed by atoms with E-state index in [1.807, 2.05) is 0 Å². The Bertz CT molecular complexity index is 660. The number of halogens is 3. The largest absolute Gasteiger partial charge is 0.475 e. The van der Waals surface area contributed by atoms with Gasteiger partial charge in [-0.1, -0.05) is 0 Å². The van der Waals surface area contributed by atoms with Crippen LogP contribution in [0.15, 0.2) is 0 Å². The maximum absolute atomic E-state index is 13.5. The van der Waals surface area contributed by atoms with E-state index in [-0.39, 0.29) is 0 Å². The van der Waals surface area contributed by atoms with Crippen molar-refractivity contribution >= 4 is 42.6 Å². The lowest BCUT2D eigenvalue weighted by atomic mass is 10.5. The van der Waals surface area contributed by atoms with Crippen LogP contribution in [-0.4, -0.2) is 35.7 Å². The van der Waals surface area contributed by atoms with Crippen molar-refractivity contribution in [1.29, 1.82) is 0 Å². The Balaban J connectivity index is 7.42. The van der Waals surface area contributed by atoms with Gasteiger partial charge in [0.1, 0.15) is 0 Å². The van der Waals surface area contributed by atoms with E-state index < -0.39 is 64.1 Å². The van der Waals surface area contributed by atoms with Crippen molar-refractivity contribution in [2.24, 2.45) is 0 Å². The fraction of sp³-hybridized carbons (Fsp3) is 1.00. The fourth-order valence-corrected chi connectivity index (χ4v) is 1.64. The molecule has 0 aromatic carbocycles. The minimum absolute atomic E-state index is 3.92. The summed E-state index contributed by atoms with van der Waals surface area (Å²) in [4.78, 5) is 0. The number of phosphoric acid groups is 1. The molecular formula is C9H18Cl3O4P. The van der Waals surface area contributed by atoms with E-state index in [2.05, 4.69) is 13.6 Å². The summed E-state index contributed by atoms with van der Waals surface area (Å²) in [5.41, 5.74) is 0. The predicted octanol–water partition coefficient (Wildman–Crippen LogP) is 4.03. The average Bonchev–Trinajstić information content (AvgIpc) is 2.47. The number of phosphoric ester groups is 1. The monoisotopic (exact) mass is 344 g/mol. The zero-order chi connectivity index (χ0) is 29.1. The van der Waals surface area contributed by atoms with Crippen LogP contribution in [0.25, 0.3) is 0 Å². The van der Waals surface area contributed by atoms with Gasteiger partial charge in [-0.05, 0) is 20.6 Å². The third-order valence-corrected chi connectivity index (χ3v) is 2.60. The van der Waals surface area contributed by atoms with Gasteiger partial charge >= 0.3 is 7.82 Å². The first-order valence-electron chi connectivity index (χ1n) is 12.4. The molecular weight excluding hydrogens is 309 g/mol. The summed E-state index contributed by atoms with van der Waals surface area (Å²) < 4.78 is 160. The molecule has 0 aliphatic carbocycles. The van der Waals surface area contributed by atoms with E-state index in [0.29, 0.717) is 0 Å². The normalized spacial score (nSPS) is 46.5. The van der Waals surface area contributed by atoms with Crippen molar-refractivity contribution in [2.45, 2.75) is 38.8 Å². The highest BCUT2D eigenvalue weighted by Gasteiger charge is 2.33. The predicted molar refractivity (Wildman–Crippen MR) is 71.4 cm³/mol. The lowest BCUT2D eigenvalue weighted by Gasteiger charge is -2.25. The third-order valence-electron chi connectivity index (χ3n) is 0.867. The molecule has 104 valence electrons. The van der Waals surface area contributed by atoms with Crippen molar-refractivity contribution < 1.29 is 42.8 Å². The van der Waals surface area contributed by atoms with Gasteiger partial charge in [-0.2, -0.15) is 0 Å². The minimum Gasteiger partial charge on any atom is -0.283 e. The Kier molecular flexibility index (Phi) is 2.24. The average molecular weight is 346 g/mol. The van der Waals surface area contributed by atoms with Crippen LogP contribution in [0.4, 0.5) is 0 Å². The van der Waals surface area contributed by atoms with Crippen LogP contribution in [0.5, 0.6) is 0 Å². The second-order valence-electron chi connectivity index (χ2n) is 1.99. The molecule has 0 aliphatic heterocycles. The molecule has 0 aromatic heterocycles. The van der Waals surface area contributed by atoms with Crippen molar-refractivity contribution in [3.8, 4) is 0 Å². The molecule has 3 unspecified atom stereocenters. The Morgan fingerprint density at radius 1 is 1.06 bits per heavy atom. The zero-order valence-electron chi connectivity index (χ0n) is 25.7.